The summed E-state index contributed by atoms with van der Waals surface area (Å²) in [6.07, 6.45) is 1.28. The Morgan fingerprint density at radius 2 is 2.05 bits per heavy atom. The summed E-state index contributed by atoms with van der Waals surface area (Å²) in [5.74, 6) is -2.69. The number of ketones is 1. The smallest absolute Gasteiger partial charge is 0.218 e. The van der Waals surface area contributed by atoms with E-state index < -0.39 is 17.3 Å². The summed E-state index contributed by atoms with van der Waals surface area (Å²) in [7, 11) is 0. The molecule has 94 valence electrons. The van der Waals surface area contributed by atoms with E-state index in [1.54, 1.807) is 6.07 Å². The van der Waals surface area contributed by atoms with Gasteiger partial charge in [-0.05, 0) is 18.2 Å². The number of carbonyl (C=O) groups is 1. The zero-order chi connectivity index (χ0) is 14.0. The molecule has 0 saturated heterocycles. The molecule has 0 unspecified atom stereocenters. The van der Waals surface area contributed by atoms with E-state index in [9.17, 15) is 19.4 Å². The second-order valence-electron chi connectivity index (χ2n) is 3.66. The van der Waals surface area contributed by atoms with Crippen LogP contribution in [0.5, 0.6) is 11.5 Å². The molecule has 0 bridgehead atoms. The summed E-state index contributed by atoms with van der Waals surface area (Å²) in [6, 6.07) is 5.80. The maximum atomic E-state index is 13.4. The minimum Gasteiger partial charge on any atom is -0.507 e. The molecule has 0 aliphatic carbocycles. The molecule has 1 heterocycles. The van der Waals surface area contributed by atoms with Crippen LogP contribution in [0, 0.1) is 17.1 Å². The first-order valence-corrected chi connectivity index (χ1v) is 5.16. The Balaban J connectivity index is 2.55. The highest BCUT2D eigenvalue weighted by Gasteiger charge is 2.20. The highest BCUT2D eigenvalue weighted by Crippen LogP contribution is 2.26. The van der Waals surface area contributed by atoms with Gasteiger partial charge in [0.2, 0.25) is 5.78 Å². The predicted octanol–water partition coefficient (Wildman–Crippen LogP) is 1.73. The first-order valence-electron chi connectivity index (χ1n) is 5.16. The summed E-state index contributed by atoms with van der Waals surface area (Å²) >= 11 is 0. The van der Waals surface area contributed by atoms with Gasteiger partial charge in [0.1, 0.15) is 23.4 Å². The van der Waals surface area contributed by atoms with Crippen molar-refractivity contribution in [3.05, 3.63) is 53.1 Å². The summed E-state index contributed by atoms with van der Waals surface area (Å²) in [5, 5.41) is 27.7. The van der Waals surface area contributed by atoms with E-state index in [0.29, 0.717) is 0 Å². The predicted molar refractivity (Wildman–Crippen MR) is 62.1 cm³/mol. The molecule has 19 heavy (non-hydrogen) atoms. The van der Waals surface area contributed by atoms with Crippen molar-refractivity contribution < 1.29 is 19.4 Å². The van der Waals surface area contributed by atoms with Crippen LogP contribution in [0.25, 0.3) is 0 Å². The molecule has 2 rings (SSSR count). The van der Waals surface area contributed by atoms with Gasteiger partial charge in [-0.25, -0.2) is 9.37 Å². The third kappa shape index (κ3) is 2.21. The molecular formula is C13H7FN2O3. The number of phenols is 1. The SMILES string of the molecule is N#Cc1cc(O)c(C(=O)c2ncccc2O)cc1F. The summed E-state index contributed by atoms with van der Waals surface area (Å²) < 4.78 is 13.4. The zero-order valence-electron chi connectivity index (χ0n) is 9.46. The van der Waals surface area contributed by atoms with Gasteiger partial charge in [0.25, 0.3) is 0 Å². The van der Waals surface area contributed by atoms with Gasteiger partial charge in [-0.15, -0.1) is 0 Å². The Morgan fingerprint density at radius 1 is 1.32 bits per heavy atom. The maximum Gasteiger partial charge on any atom is 0.218 e. The normalized spacial score (nSPS) is 9.89. The Morgan fingerprint density at radius 3 is 2.68 bits per heavy atom. The molecular weight excluding hydrogens is 251 g/mol. The number of aromatic nitrogens is 1. The van der Waals surface area contributed by atoms with E-state index in [4.69, 9.17) is 5.26 Å². The average Bonchev–Trinajstić information content (AvgIpc) is 2.40. The second-order valence-corrected chi connectivity index (χ2v) is 3.66. The molecule has 1 aromatic heterocycles. The van der Waals surface area contributed by atoms with Crippen molar-refractivity contribution in [1.82, 2.24) is 4.98 Å². The lowest BCUT2D eigenvalue weighted by molar-refractivity contribution is 0.102. The van der Waals surface area contributed by atoms with Crippen LogP contribution in [0.4, 0.5) is 4.39 Å². The number of benzene rings is 1. The van der Waals surface area contributed by atoms with Crippen LogP contribution in [0.15, 0.2) is 30.5 Å². The molecule has 1 aromatic carbocycles. The fourth-order valence-corrected chi connectivity index (χ4v) is 1.53. The largest absolute Gasteiger partial charge is 0.507 e. The molecule has 0 saturated carbocycles. The molecule has 0 radical (unpaired) electrons. The van der Waals surface area contributed by atoms with Gasteiger partial charge in [-0.2, -0.15) is 5.26 Å². The molecule has 0 spiro atoms. The van der Waals surface area contributed by atoms with Gasteiger partial charge in [0, 0.05) is 12.3 Å². The van der Waals surface area contributed by atoms with Gasteiger partial charge >= 0.3 is 0 Å². The quantitative estimate of drug-likeness (QED) is 0.800. The molecule has 2 aromatic rings. The summed E-state index contributed by atoms with van der Waals surface area (Å²) in [6.45, 7) is 0. The lowest BCUT2D eigenvalue weighted by Crippen LogP contribution is -2.05. The van der Waals surface area contributed by atoms with Crippen LogP contribution in [0.2, 0.25) is 0 Å². The first-order chi connectivity index (χ1) is 9.04. The second kappa shape index (κ2) is 4.74. The number of carbonyl (C=O) groups excluding carboxylic acids is 1. The topological polar surface area (TPSA) is 94.2 Å². The molecule has 0 aliphatic rings. The third-order valence-electron chi connectivity index (χ3n) is 2.45. The van der Waals surface area contributed by atoms with E-state index in [2.05, 4.69) is 4.98 Å². The summed E-state index contributed by atoms with van der Waals surface area (Å²) in [5.41, 5.74) is -1.05. The Kier molecular flexibility index (Phi) is 3.12. The highest BCUT2D eigenvalue weighted by atomic mass is 19.1. The molecule has 0 atom stereocenters. The van der Waals surface area contributed by atoms with Crippen LogP contribution < -0.4 is 0 Å². The molecule has 0 amide bonds. The van der Waals surface area contributed by atoms with Crippen molar-refractivity contribution in [2.24, 2.45) is 0 Å². The minimum atomic E-state index is -0.931. The van der Waals surface area contributed by atoms with E-state index in [1.807, 2.05) is 0 Å². The standard InChI is InChI=1S/C13H7FN2O3/c14-9-5-8(11(18)4-7(9)6-15)13(19)12-10(17)2-1-3-16-12/h1-5,17-18H. The van der Waals surface area contributed by atoms with Crippen molar-refractivity contribution in [1.29, 1.82) is 5.26 Å². The number of phenolic OH excluding ortho intramolecular Hbond substituents is 1. The van der Waals surface area contributed by atoms with Crippen molar-refractivity contribution >= 4 is 5.78 Å². The lowest BCUT2D eigenvalue weighted by Gasteiger charge is -2.05. The maximum absolute atomic E-state index is 13.4. The molecule has 6 heteroatoms. The number of halogens is 1. The Labute approximate surface area is 107 Å². The number of aromatic hydroxyl groups is 2. The number of hydrogen-bond donors (Lipinski definition) is 2. The molecule has 0 fully saturated rings. The van der Waals surface area contributed by atoms with Crippen molar-refractivity contribution in [2.45, 2.75) is 0 Å². The monoisotopic (exact) mass is 258 g/mol. The molecule has 2 N–H and O–H groups in total. The van der Waals surface area contributed by atoms with Crippen molar-refractivity contribution in [3.8, 4) is 17.6 Å². The van der Waals surface area contributed by atoms with Gasteiger partial charge < -0.3 is 10.2 Å². The fraction of sp³-hybridized carbons (Fsp3) is 0. The van der Waals surface area contributed by atoms with Crippen molar-refractivity contribution in [3.63, 3.8) is 0 Å². The zero-order valence-corrected chi connectivity index (χ0v) is 9.46. The van der Waals surface area contributed by atoms with Crippen LogP contribution in [0.3, 0.4) is 0 Å². The highest BCUT2D eigenvalue weighted by molar-refractivity contribution is 6.11. The van der Waals surface area contributed by atoms with Crippen LogP contribution in [-0.4, -0.2) is 21.0 Å². The van der Waals surface area contributed by atoms with Gasteiger partial charge in [0.05, 0.1) is 11.1 Å². The lowest BCUT2D eigenvalue weighted by atomic mass is 10.0. The van der Waals surface area contributed by atoms with E-state index in [0.717, 1.165) is 12.1 Å². The van der Waals surface area contributed by atoms with E-state index >= 15 is 0 Å². The minimum absolute atomic E-state index is 0.304. The van der Waals surface area contributed by atoms with Crippen molar-refractivity contribution in [2.75, 3.05) is 0 Å². The number of rotatable bonds is 2. The van der Waals surface area contributed by atoms with Gasteiger partial charge in [-0.3, -0.25) is 4.79 Å². The number of hydrogen-bond acceptors (Lipinski definition) is 5. The van der Waals surface area contributed by atoms with E-state index in [1.165, 1.54) is 18.3 Å². The third-order valence-corrected chi connectivity index (χ3v) is 2.45. The Hall–Kier alpha value is -2.94. The first kappa shape index (κ1) is 12.5. The van der Waals surface area contributed by atoms with Crippen LogP contribution >= 0.6 is 0 Å². The fourth-order valence-electron chi connectivity index (χ4n) is 1.53. The number of nitrogens with zero attached hydrogens (tertiary/aromatic N) is 2. The number of pyridine rings is 1. The van der Waals surface area contributed by atoms with E-state index in [-0.39, 0.29) is 22.6 Å². The summed E-state index contributed by atoms with van der Waals surface area (Å²) in [4.78, 5) is 15.7. The van der Waals surface area contributed by atoms with Crippen LogP contribution in [-0.2, 0) is 0 Å². The Bertz CT molecular complexity index is 708. The molecule has 5 nitrogen and oxygen atoms in total. The van der Waals surface area contributed by atoms with Gasteiger partial charge in [0.15, 0.2) is 5.69 Å². The average molecular weight is 258 g/mol. The molecule has 0 aliphatic heterocycles. The van der Waals surface area contributed by atoms with Crippen LogP contribution in [0.1, 0.15) is 21.6 Å². The van der Waals surface area contributed by atoms with Gasteiger partial charge in [-0.1, -0.05) is 0 Å². The number of nitriles is 1.